The third-order valence-electron chi connectivity index (χ3n) is 3.61. The number of carbonyl (C=O) groups excluding carboxylic acids is 2. The molecule has 0 spiro atoms. The number of hydrogen-bond donors (Lipinski definition) is 4. The van der Waals surface area contributed by atoms with E-state index in [2.05, 4.69) is 5.32 Å². The van der Waals surface area contributed by atoms with Crippen molar-refractivity contribution in [3.8, 4) is 0 Å². The Morgan fingerprint density at radius 3 is 2.15 bits per heavy atom. The molecular formula is C13H20N4O2S. The number of nitrogens with two attached hydrogens (primary N) is 3. The van der Waals surface area contributed by atoms with Gasteiger partial charge < -0.3 is 22.5 Å². The number of thiophene rings is 1. The molecule has 1 aromatic rings. The van der Waals surface area contributed by atoms with E-state index in [1.54, 1.807) is 0 Å². The van der Waals surface area contributed by atoms with Gasteiger partial charge in [-0.3, -0.25) is 9.59 Å². The summed E-state index contributed by atoms with van der Waals surface area (Å²) in [6.45, 7) is 0. The van der Waals surface area contributed by atoms with Crippen molar-refractivity contribution in [1.82, 2.24) is 0 Å². The molecule has 0 unspecified atom stereocenters. The number of rotatable bonds is 4. The molecule has 7 heteroatoms. The zero-order valence-corrected chi connectivity index (χ0v) is 12.1. The molecule has 110 valence electrons. The zero-order valence-electron chi connectivity index (χ0n) is 11.3. The Balaban J connectivity index is 2.27. The zero-order chi connectivity index (χ0) is 14.7. The summed E-state index contributed by atoms with van der Waals surface area (Å²) in [7, 11) is 0. The molecule has 6 nitrogen and oxygen atoms in total. The molecule has 1 saturated carbocycles. The fraction of sp³-hybridized carbons (Fsp3) is 0.538. The third kappa shape index (κ3) is 3.04. The molecule has 1 aliphatic rings. The van der Waals surface area contributed by atoms with Gasteiger partial charge in [-0.15, -0.1) is 11.3 Å². The van der Waals surface area contributed by atoms with E-state index < -0.39 is 11.8 Å². The van der Waals surface area contributed by atoms with Gasteiger partial charge in [0.2, 0.25) is 0 Å². The molecule has 0 atom stereocenters. The van der Waals surface area contributed by atoms with Gasteiger partial charge in [-0.2, -0.15) is 0 Å². The quantitative estimate of drug-likeness (QED) is 0.631. The summed E-state index contributed by atoms with van der Waals surface area (Å²) in [5.41, 5.74) is 16.7. The lowest BCUT2D eigenvalue weighted by atomic mass is 10.1. The van der Waals surface area contributed by atoms with Gasteiger partial charge in [-0.1, -0.05) is 25.7 Å². The van der Waals surface area contributed by atoms with Crippen LogP contribution in [0.4, 0.5) is 10.7 Å². The topological polar surface area (TPSA) is 124 Å². The number of anilines is 2. The van der Waals surface area contributed by atoms with Crippen LogP contribution >= 0.6 is 11.3 Å². The highest BCUT2D eigenvalue weighted by atomic mass is 32.1. The number of carbonyl (C=O) groups is 2. The predicted molar refractivity (Wildman–Crippen MR) is 80.9 cm³/mol. The summed E-state index contributed by atoms with van der Waals surface area (Å²) in [4.78, 5) is 23.1. The van der Waals surface area contributed by atoms with Crippen LogP contribution in [-0.4, -0.2) is 17.9 Å². The second kappa shape index (κ2) is 6.13. The van der Waals surface area contributed by atoms with Crippen molar-refractivity contribution in [2.24, 2.45) is 11.5 Å². The number of primary amides is 2. The minimum atomic E-state index is -0.637. The standard InChI is InChI=1S/C13H20N4O2S/c14-9-8(11(15)18)13(20-10(9)12(16)19)17-7-5-3-1-2-4-6-7/h7,17H,1-6,14H2,(H2,15,18)(H2,16,19). The first-order valence-corrected chi connectivity index (χ1v) is 7.60. The highest BCUT2D eigenvalue weighted by molar-refractivity contribution is 7.19. The summed E-state index contributed by atoms with van der Waals surface area (Å²) < 4.78 is 0. The molecule has 1 heterocycles. The third-order valence-corrected chi connectivity index (χ3v) is 4.76. The van der Waals surface area contributed by atoms with Crippen LogP contribution in [-0.2, 0) is 0 Å². The SMILES string of the molecule is NC(=O)c1sc(NC2CCCCCC2)c(C(N)=O)c1N. The monoisotopic (exact) mass is 296 g/mol. The van der Waals surface area contributed by atoms with Crippen molar-refractivity contribution in [2.75, 3.05) is 11.1 Å². The molecule has 0 aromatic carbocycles. The molecule has 1 fully saturated rings. The molecule has 1 aromatic heterocycles. The Morgan fingerprint density at radius 1 is 1.05 bits per heavy atom. The highest BCUT2D eigenvalue weighted by Gasteiger charge is 2.24. The van der Waals surface area contributed by atoms with E-state index in [-0.39, 0.29) is 22.2 Å². The molecule has 1 aliphatic carbocycles. The Labute approximate surface area is 121 Å². The van der Waals surface area contributed by atoms with E-state index in [9.17, 15) is 9.59 Å². The molecule has 0 saturated heterocycles. The van der Waals surface area contributed by atoms with Crippen molar-refractivity contribution in [2.45, 2.75) is 44.6 Å². The molecule has 7 N–H and O–H groups in total. The maximum absolute atomic E-state index is 11.5. The average Bonchev–Trinajstić information content (AvgIpc) is 2.55. The maximum Gasteiger partial charge on any atom is 0.260 e. The van der Waals surface area contributed by atoms with E-state index in [4.69, 9.17) is 17.2 Å². The van der Waals surface area contributed by atoms with Crippen molar-refractivity contribution in [3.05, 3.63) is 10.4 Å². The Kier molecular flexibility index (Phi) is 4.49. The van der Waals surface area contributed by atoms with Crippen LogP contribution in [0.1, 0.15) is 58.6 Å². The Bertz CT molecular complexity index is 519. The van der Waals surface area contributed by atoms with E-state index in [0.717, 1.165) is 37.0 Å². The van der Waals surface area contributed by atoms with E-state index >= 15 is 0 Å². The van der Waals surface area contributed by atoms with Gasteiger partial charge in [0, 0.05) is 6.04 Å². The molecule has 2 amide bonds. The van der Waals surface area contributed by atoms with Crippen LogP contribution in [0.15, 0.2) is 0 Å². The fourth-order valence-corrected chi connectivity index (χ4v) is 3.64. The van der Waals surface area contributed by atoms with E-state index in [1.165, 1.54) is 12.8 Å². The lowest BCUT2D eigenvalue weighted by molar-refractivity contribution is 0.0999. The van der Waals surface area contributed by atoms with E-state index in [1.807, 2.05) is 0 Å². The van der Waals surface area contributed by atoms with Crippen LogP contribution < -0.4 is 22.5 Å². The average molecular weight is 296 g/mol. The van der Waals surface area contributed by atoms with Crippen LogP contribution in [0.3, 0.4) is 0 Å². The highest BCUT2D eigenvalue weighted by Crippen LogP contribution is 2.36. The molecule has 0 aliphatic heterocycles. The van der Waals surface area contributed by atoms with Crippen molar-refractivity contribution < 1.29 is 9.59 Å². The first-order valence-electron chi connectivity index (χ1n) is 6.79. The maximum atomic E-state index is 11.5. The number of hydrogen-bond acceptors (Lipinski definition) is 5. The van der Waals surface area contributed by atoms with Gasteiger partial charge in [0.25, 0.3) is 11.8 Å². The summed E-state index contributed by atoms with van der Waals surface area (Å²) in [5.74, 6) is -1.27. The van der Waals surface area contributed by atoms with Gasteiger partial charge in [-0.25, -0.2) is 0 Å². The Morgan fingerprint density at radius 2 is 1.65 bits per heavy atom. The first-order chi connectivity index (χ1) is 9.50. The second-order valence-corrected chi connectivity index (χ2v) is 6.13. The van der Waals surface area contributed by atoms with Crippen molar-refractivity contribution in [1.29, 1.82) is 0 Å². The molecule has 2 rings (SSSR count). The minimum Gasteiger partial charge on any atom is -0.397 e. The van der Waals surface area contributed by atoms with Gasteiger partial charge in [0.15, 0.2) is 0 Å². The molecular weight excluding hydrogens is 276 g/mol. The van der Waals surface area contributed by atoms with Gasteiger partial charge in [0.1, 0.15) is 9.88 Å². The van der Waals surface area contributed by atoms with Gasteiger partial charge in [-0.05, 0) is 12.8 Å². The first kappa shape index (κ1) is 14.6. The number of amides is 2. The van der Waals surface area contributed by atoms with Gasteiger partial charge >= 0.3 is 0 Å². The number of nitrogen functional groups attached to an aromatic ring is 1. The van der Waals surface area contributed by atoms with E-state index in [0.29, 0.717) is 5.00 Å². The van der Waals surface area contributed by atoms with Crippen LogP contribution in [0.5, 0.6) is 0 Å². The fourth-order valence-electron chi connectivity index (χ4n) is 2.58. The van der Waals surface area contributed by atoms with Crippen LogP contribution in [0, 0.1) is 0 Å². The predicted octanol–water partition coefficient (Wildman–Crippen LogP) is 1.66. The lowest BCUT2D eigenvalue weighted by Gasteiger charge is -2.17. The molecule has 20 heavy (non-hydrogen) atoms. The smallest absolute Gasteiger partial charge is 0.260 e. The molecule has 0 bridgehead atoms. The summed E-state index contributed by atoms with van der Waals surface area (Å²) in [6.07, 6.45) is 6.88. The second-order valence-electron chi connectivity index (χ2n) is 5.11. The summed E-state index contributed by atoms with van der Waals surface area (Å²) in [5, 5.41) is 3.88. The van der Waals surface area contributed by atoms with Crippen LogP contribution in [0.2, 0.25) is 0 Å². The van der Waals surface area contributed by atoms with Crippen molar-refractivity contribution >= 4 is 33.8 Å². The lowest BCUT2D eigenvalue weighted by Crippen LogP contribution is -2.21. The van der Waals surface area contributed by atoms with Crippen LogP contribution in [0.25, 0.3) is 0 Å². The minimum absolute atomic E-state index is 0.0890. The normalized spacial score (nSPS) is 16.6. The van der Waals surface area contributed by atoms with Gasteiger partial charge in [0.05, 0.1) is 11.3 Å². The largest absolute Gasteiger partial charge is 0.397 e. The summed E-state index contributed by atoms with van der Waals surface area (Å²) >= 11 is 1.11. The van der Waals surface area contributed by atoms with Crippen molar-refractivity contribution in [3.63, 3.8) is 0 Å². The Hall–Kier alpha value is -1.76. The molecule has 0 radical (unpaired) electrons. The number of nitrogens with one attached hydrogen (secondary N) is 1. The summed E-state index contributed by atoms with van der Waals surface area (Å²) in [6, 6.07) is 0.286.